The Morgan fingerprint density at radius 3 is 2.40 bits per heavy atom. The number of hydrogen-bond donors (Lipinski definition) is 1. The second kappa shape index (κ2) is 9.54. The molecule has 1 aliphatic heterocycles. The summed E-state index contributed by atoms with van der Waals surface area (Å²) in [5.41, 5.74) is 1.12. The van der Waals surface area contributed by atoms with E-state index < -0.39 is 13.2 Å². The molecule has 0 unspecified atom stereocenters. The molecule has 1 amide bonds. The van der Waals surface area contributed by atoms with Crippen molar-refractivity contribution in [2.45, 2.75) is 51.9 Å². The summed E-state index contributed by atoms with van der Waals surface area (Å²) in [6.07, 6.45) is 0.239. The molecule has 2 aromatic rings. The summed E-state index contributed by atoms with van der Waals surface area (Å²) < 4.78 is 23.2. The fourth-order valence-electron chi connectivity index (χ4n) is 2.96. The van der Waals surface area contributed by atoms with Crippen LogP contribution < -0.4 is 15.5 Å². The molecule has 0 saturated carbocycles. The van der Waals surface area contributed by atoms with Crippen LogP contribution in [0.5, 0.6) is 5.75 Å². The number of benzene rings is 2. The van der Waals surface area contributed by atoms with Crippen LogP contribution in [0.3, 0.4) is 0 Å². The molecule has 2 aromatic carbocycles. The third-order valence-electron chi connectivity index (χ3n) is 5.46. The van der Waals surface area contributed by atoms with Gasteiger partial charge in [0.1, 0.15) is 12.4 Å². The number of ether oxygens (including phenoxy) is 2. The Morgan fingerprint density at radius 2 is 1.70 bits per heavy atom. The molecular weight excluding hydrogens is 381 g/mol. The molecule has 0 aromatic heterocycles. The van der Waals surface area contributed by atoms with Crippen molar-refractivity contribution in [1.29, 1.82) is 0 Å². The zero-order valence-electron chi connectivity index (χ0n) is 18.1. The molecular formula is C23H30BNO5. The smallest absolute Gasteiger partial charge is 0.494 e. The van der Waals surface area contributed by atoms with E-state index in [0.717, 1.165) is 16.8 Å². The average molecular weight is 411 g/mol. The normalized spacial score (nSPS) is 16.9. The number of nitrogens with one attached hydrogen (secondary N) is 1. The number of carbonyl (C=O) groups excluding carboxylic acids is 1. The minimum atomic E-state index is -0.429. The summed E-state index contributed by atoms with van der Waals surface area (Å²) in [6.45, 7) is 9.35. The standard InChI is InChI=1S/C23H30BNO5/c1-22(2)23(3,4)30-24(29-22)19-12-8-13-20(16-19)27-15-9-14-25-21(26)28-17-18-10-6-5-7-11-18/h5-8,10-13,16H,9,14-15,17H2,1-4H3,(H,25,26). The Balaban J connectivity index is 1.37. The SMILES string of the molecule is CC1(C)OB(c2cccc(OCCCNC(=O)OCc3ccccc3)c2)OC1(C)C. The maximum absolute atomic E-state index is 11.7. The van der Waals surface area contributed by atoms with E-state index in [9.17, 15) is 4.79 Å². The molecule has 0 atom stereocenters. The maximum Gasteiger partial charge on any atom is 0.494 e. The van der Waals surface area contributed by atoms with Gasteiger partial charge in [-0.15, -0.1) is 0 Å². The summed E-state index contributed by atoms with van der Waals surface area (Å²) >= 11 is 0. The van der Waals surface area contributed by atoms with Gasteiger partial charge >= 0.3 is 13.2 Å². The fourth-order valence-corrected chi connectivity index (χ4v) is 2.96. The quantitative estimate of drug-likeness (QED) is 0.530. The number of carbonyl (C=O) groups is 1. The molecule has 1 aliphatic rings. The molecule has 1 fully saturated rings. The number of alkyl carbamates (subject to hydrolysis) is 1. The lowest BCUT2D eigenvalue weighted by molar-refractivity contribution is 0.00578. The molecule has 0 bridgehead atoms. The first kappa shape index (κ1) is 22.2. The predicted molar refractivity (Wildman–Crippen MR) is 117 cm³/mol. The summed E-state index contributed by atoms with van der Waals surface area (Å²) in [5.74, 6) is 0.744. The molecule has 0 spiro atoms. The Hall–Kier alpha value is -2.51. The van der Waals surface area contributed by atoms with Crippen molar-refractivity contribution in [3.8, 4) is 5.75 Å². The van der Waals surface area contributed by atoms with Crippen LogP contribution in [0.15, 0.2) is 54.6 Å². The summed E-state index contributed by atoms with van der Waals surface area (Å²) in [4.78, 5) is 11.7. The monoisotopic (exact) mass is 411 g/mol. The lowest BCUT2D eigenvalue weighted by Crippen LogP contribution is -2.41. The zero-order valence-corrected chi connectivity index (χ0v) is 18.1. The molecule has 6 nitrogen and oxygen atoms in total. The zero-order chi connectivity index (χ0) is 21.6. The van der Waals surface area contributed by atoms with Crippen molar-refractivity contribution < 1.29 is 23.6 Å². The predicted octanol–water partition coefficient (Wildman–Crippen LogP) is 3.68. The van der Waals surface area contributed by atoms with Crippen molar-refractivity contribution >= 4 is 18.7 Å². The van der Waals surface area contributed by atoms with Crippen molar-refractivity contribution in [3.05, 3.63) is 60.2 Å². The highest BCUT2D eigenvalue weighted by Crippen LogP contribution is 2.36. The molecule has 0 aliphatic carbocycles. The molecule has 1 N–H and O–H groups in total. The second-order valence-electron chi connectivity index (χ2n) is 8.35. The highest BCUT2D eigenvalue weighted by Gasteiger charge is 2.51. The van der Waals surface area contributed by atoms with Gasteiger partial charge in [-0.05, 0) is 57.3 Å². The van der Waals surface area contributed by atoms with Gasteiger partial charge in [0.05, 0.1) is 17.8 Å². The van der Waals surface area contributed by atoms with E-state index in [0.29, 0.717) is 19.6 Å². The van der Waals surface area contributed by atoms with E-state index >= 15 is 0 Å². The highest BCUT2D eigenvalue weighted by molar-refractivity contribution is 6.62. The molecule has 0 radical (unpaired) electrons. The summed E-state index contributed by atoms with van der Waals surface area (Å²) in [6, 6.07) is 17.3. The number of rotatable bonds is 8. The van der Waals surface area contributed by atoms with E-state index in [1.54, 1.807) is 0 Å². The van der Waals surface area contributed by atoms with Gasteiger partial charge in [-0.25, -0.2) is 4.79 Å². The summed E-state index contributed by atoms with van der Waals surface area (Å²) in [7, 11) is -0.417. The second-order valence-corrected chi connectivity index (χ2v) is 8.35. The molecule has 7 heteroatoms. The third kappa shape index (κ3) is 5.77. The lowest BCUT2D eigenvalue weighted by atomic mass is 9.79. The van der Waals surface area contributed by atoms with Crippen LogP contribution in [0.2, 0.25) is 0 Å². The van der Waals surface area contributed by atoms with E-state index in [2.05, 4.69) is 5.32 Å². The average Bonchev–Trinajstić information content (AvgIpc) is 2.94. The van der Waals surface area contributed by atoms with Gasteiger partial charge in [0.15, 0.2) is 0 Å². The first-order valence-corrected chi connectivity index (χ1v) is 10.3. The first-order chi connectivity index (χ1) is 14.3. The van der Waals surface area contributed by atoms with Gasteiger partial charge in [0.2, 0.25) is 0 Å². The first-order valence-electron chi connectivity index (χ1n) is 10.3. The largest absolute Gasteiger partial charge is 0.494 e. The minimum absolute atomic E-state index is 0.259. The van der Waals surface area contributed by atoms with E-state index in [-0.39, 0.29) is 17.8 Å². The Bertz CT molecular complexity index is 824. The van der Waals surface area contributed by atoms with Gasteiger partial charge in [0.25, 0.3) is 0 Å². The van der Waals surface area contributed by atoms with Crippen LogP contribution in [0.1, 0.15) is 39.7 Å². The van der Waals surface area contributed by atoms with Gasteiger partial charge in [-0.2, -0.15) is 0 Å². The van der Waals surface area contributed by atoms with Crippen LogP contribution in [0.25, 0.3) is 0 Å². The fraction of sp³-hybridized carbons (Fsp3) is 0.435. The van der Waals surface area contributed by atoms with Crippen molar-refractivity contribution in [2.75, 3.05) is 13.2 Å². The minimum Gasteiger partial charge on any atom is -0.494 e. The lowest BCUT2D eigenvalue weighted by Gasteiger charge is -2.32. The van der Waals surface area contributed by atoms with Crippen LogP contribution in [-0.2, 0) is 20.7 Å². The number of hydrogen-bond acceptors (Lipinski definition) is 5. The van der Waals surface area contributed by atoms with Gasteiger partial charge in [-0.3, -0.25) is 0 Å². The van der Waals surface area contributed by atoms with Gasteiger partial charge < -0.3 is 24.1 Å². The Morgan fingerprint density at radius 1 is 1.00 bits per heavy atom. The van der Waals surface area contributed by atoms with Crippen LogP contribution in [0, 0.1) is 0 Å². The molecule has 160 valence electrons. The Kier molecular flexibility index (Phi) is 7.05. The van der Waals surface area contributed by atoms with Gasteiger partial charge in [0, 0.05) is 6.54 Å². The van der Waals surface area contributed by atoms with Crippen LogP contribution in [-0.4, -0.2) is 37.6 Å². The highest BCUT2D eigenvalue weighted by atomic mass is 16.7. The third-order valence-corrected chi connectivity index (χ3v) is 5.46. The molecule has 3 rings (SSSR count). The molecule has 1 heterocycles. The summed E-state index contributed by atoms with van der Waals surface area (Å²) in [5, 5.41) is 2.73. The van der Waals surface area contributed by atoms with Crippen molar-refractivity contribution in [2.24, 2.45) is 0 Å². The molecule has 30 heavy (non-hydrogen) atoms. The van der Waals surface area contributed by atoms with Crippen LogP contribution in [0.4, 0.5) is 4.79 Å². The number of amides is 1. The van der Waals surface area contributed by atoms with E-state index in [1.165, 1.54) is 0 Å². The van der Waals surface area contributed by atoms with Crippen LogP contribution >= 0.6 is 0 Å². The van der Waals surface area contributed by atoms with Crippen molar-refractivity contribution in [3.63, 3.8) is 0 Å². The van der Waals surface area contributed by atoms with Gasteiger partial charge in [-0.1, -0.05) is 42.5 Å². The topological polar surface area (TPSA) is 66.0 Å². The maximum atomic E-state index is 11.7. The van der Waals surface area contributed by atoms with Crippen molar-refractivity contribution in [1.82, 2.24) is 5.32 Å². The Labute approximate surface area is 179 Å². The van der Waals surface area contributed by atoms with E-state index in [4.69, 9.17) is 18.8 Å². The molecule has 1 saturated heterocycles. The van der Waals surface area contributed by atoms with E-state index in [1.807, 2.05) is 82.3 Å².